The summed E-state index contributed by atoms with van der Waals surface area (Å²) in [6.45, 7) is 6.76. The monoisotopic (exact) mass is 480 g/mol. The number of rotatable bonds is 3. The maximum absolute atomic E-state index is 12.7. The lowest BCUT2D eigenvalue weighted by Crippen LogP contribution is -2.61. The Morgan fingerprint density at radius 2 is 1.76 bits per heavy atom. The summed E-state index contributed by atoms with van der Waals surface area (Å²) in [5.41, 5.74) is 0.0390. The summed E-state index contributed by atoms with van der Waals surface area (Å²) in [4.78, 5) is 24.1. The number of carboxylic acids is 1. The number of carbonyl (C=O) groups is 2. The smallest absolute Gasteiger partial charge is 0.335 e. The van der Waals surface area contributed by atoms with Crippen LogP contribution in [0, 0.1) is 40.4 Å². The van der Waals surface area contributed by atoms with E-state index in [0.717, 1.165) is 51.4 Å². The topological polar surface area (TPSA) is 134 Å². The number of aliphatic hydroxyl groups excluding tert-OH is 3. The number of hydrogen-bond donors (Lipinski definition) is 4. The van der Waals surface area contributed by atoms with Crippen molar-refractivity contribution >= 4 is 11.8 Å². The third-order valence-corrected chi connectivity index (χ3v) is 10.8. The first kappa shape index (κ1) is 24.6. The molecule has 0 bridgehead atoms. The standard InChI is InChI=1S/C26H40O8/c1-12-11-26(3)13(4-5-14-15-6-7-18(27)25(15,2)9-8-16(14)26)10-17(12)33-24-21(30)19(28)20(29)22(34-24)23(31)32/h12-17,19-22,24,28-30H,4-11H2,1-3H3,(H,31,32). The molecule has 4 saturated carbocycles. The number of aliphatic hydroxyl groups is 3. The van der Waals surface area contributed by atoms with E-state index in [0.29, 0.717) is 29.5 Å². The number of carboxylic acid groups (broad SMARTS) is 1. The van der Waals surface area contributed by atoms with Crippen LogP contribution in [0.1, 0.15) is 72.1 Å². The SMILES string of the molecule is CC1CC2(C)C(CCC3C4CCC(=O)C4(C)CCC32)CC1OC1OC(C(=O)O)C(O)C(O)C1O. The van der Waals surface area contributed by atoms with E-state index in [4.69, 9.17) is 9.47 Å². The van der Waals surface area contributed by atoms with Gasteiger partial charge in [-0.2, -0.15) is 0 Å². The molecule has 1 saturated heterocycles. The summed E-state index contributed by atoms with van der Waals surface area (Å²) >= 11 is 0. The Morgan fingerprint density at radius 1 is 1.03 bits per heavy atom. The van der Waals surface area contributed by atoms with Crippen molar-refractivity contribution < 1.29 is 39.5 Å². The van der Waals surface area contributed by atoms with Gasteiger partial charge in [0.05, 0.1) is 6.10 Å². The Balaban J connectivity index is 1.30. The van der Waals surface area contributed by atoms with E-state index in [-0.39, 0.29) is 22.9 Å². The van der Waals surface area contributed by atoms with Crippen LogP contribution in [0.2, 0.25) is 0 Å². The van der Waals surface area contributed by atoms with Crippen LogP contribution < -0.4 is 0 Å². The fourth-order valence-corrected chi connectivity index (χ4v) is 8.88. The van der Waals surface area contributed by atoms with Gasteiger partial charge in [-0.3, -0.25) is 4.79 Å². The van der Waals surface area contributed by atoms with Crippen molar-refractivity contribution in [3.8, 4) is 0 Å². The molecule has 8 nitrogen and oxygen atoms in total. The molecule has 13 unspecified atom stereocenters. The van der Waals surface area contributed by atoms with E-state index in [9.17, 15) is 30.0 Å². The highest BCUT2D eigenvalue weighted by atomic mass is 16.7. The molecule has 0 spiro atoms. The number of hydrogen-bond acceptors (Lipinski definition) is 7. The van der Waals surface area contributed by atoms with Crippen LogP contribution in [-0.4, -0.2) is 69.0 Å². The number of carbonyl (C=O) groups excluding carboxylic acids is 1. The molecule has 8 heteroatoms. The molecule has 0 amide bonds. The van der Waals surface area contributed by atoms with Gasteiger partial charge in [0.1, 0.15) is 24.1 Å². The van der Waals surface area contributed by atoms with Crippen LogP contribution in [0.25, 0.3) is 0 Å². The second kappa shape index (κ2) is 8.51. The van der Waals surface area contributed by atoms with Crippen LogP contribution >= 0.6 is 0 Å². The van der Waals surface area contributed by atoms with Crippen molar-refractivity contribution in [2.45, 2.75) is 109 Å². The Morgan fingerprint density at radius 3 is 2.47 bits per heavy atom. The van der Waals surface area contributed by atoms with Gasteiger partial charge in [0.2, 0.25) is 0 Å². The second-order valence-electron chi connectivity index (χ2n) is 12.4. The van der Waals surface area contributed by atoms with E-state index in [1.807, 2.05) is 0 Å². The first-order chi connectivity index (χ1) is 16.0. The molecule has 4 aliphatic carbocycles. The number of ketones is 1. The fourth-order valence-electron chi connectivity index (χ4n) is 8.88. The van der Waals surface area contributed by atoms with E-state index in [2.05, 4.69) is 20.8 Å². The van der Waals surface area contributed by atoms with E-state index < -0.39 is 36.7 Å². The number of Topliss-reactive ketones (excluding diaryl/α,β-unsaturated/α-hetero) is 1. The molecule has 4 N–H and O–H groups in total. The zero-order valence-corrected chi connectivity index (χ0v) is 20.4. The van der Waals surface area contributed by atoms with Gasteiger partial charge in [0.25, 0.3) is 0 Å². The number of fused-ring (bicyclic) bond motifs is 5. The molecule has 0 radical (unpaired) electrons. The Bertz CT molecular complexity index is 832. The molecule has 192 valence electrons. The minimum Gasteiger partial charge on any atom is -0.479 e. The first-order valence-corrected chi connectivity index (χ1v) is 13.1. The van der Waals surface area contributed by atoms with Gasteiger partial charge in [-0.15, -0.1) is 0 Å². The summed E-state index contributed by atoms with van der Waals surface area (Å²) in [5, 5.41) is 39.9. The van der Waals surface area contributed by atoms with Crippen LogP contribution in [0.3, 0.4) is 0 Å². The third kappa shape index (κ3) is 3.59. The predicted octanol–water partition coefficient (Wildman–Crippen LogP) is 2.12. The minimum atomic E-state index is -1.71. The zero-order chi connectivity index (χ0) is 24.6. The van der Waals surface area contributed by atoms with Gasteiger partial charge in [-0.1, -0.05) is 20.8 Å². The fraction of sp³-hybridized carbons (Fsp3) is 0.923. The van der Waals surface area contributed by atoms with Crippen molar-refractivity contribution in [3.05, 3.63) is 0 Å². The zero-order valence-electron chi connectivity index (χ0n) is 20.4. The molecule has 5 fully saturated rings. The average Bonchev–Trinajstić information content (AvgIpc) is 3.09. The van der Waals surface area contributed by atoms with Gasteiger partial charge in [-0.25, -0.2) is 4.79 Å². The van der Waals surface area contributed by atoms with Gasteiger partial charge < -0.3 is 29.9 Å². The maximum Gasteiger partial charge on any atom is 0.335 e. The molecule has 0 aromatic heterocycles. The molecule has 0 aromatic carbocycles. The molecule has 1 heterocycles. The summed E-state index contributed by atoms with van der Waals surface area (Å²) in [7, 11) is 0. The Labute approximate surface area is 201 Å². The van der Waals surface area contributed by atoms with Crippen molar-refractivity contribution in [2.75, 3.05) is 0 Å². The Kier molecular flexibility index (Phi) is 6.16. The lowest BCUT2D eigenvalue weighted by atomic mass is 9.44. The second-order valence-corrected chi connectivity index (χ2v) is 12.4. The van der Waals surface area contributed by atoms with Crippen molar-refractivity contribution in [2.24, 2.45) is 40.4 Å². The Hall–Kier alpha value is -1.06. The van der Waals surface area contributed by atoms with Gasteiger partial charge in [0, 0.05) is 11.8 Å². The highest BCUT2D eigenvalue weighted by Gasteiger charge is 2.61. The van der Waals surface area contributed by atoms with Crippen LogP contribution in [-0.2, 0) is 19.1 Å². The van der Waals surface area contributed by atoms with Crippen LogP contribution in [0.4, 0.5) is 0 Å². The third-order valence-electron chi connectivity index (χ3n) is 10.8. The quantitative estimate of drug-likeness (QED) is 0.452. The molecule has 34 heavy (non-hydrogen) atoms. The molecule has 5 rings (SSSR count). The van der Waals surface area contributed by atoms with Crippen molar-refractivity contribution in [3.63, 3.8) is 0 Å². The molecule has 5 aliphatic rings. The largest absolute Gasteiger partial charge is 0.479 e. The van der Waals surface area contributed by atoms with E-state index in [1.165, 1.54) is 0 Å². The molecule has 1 aliphatic heterocycles. The van der Waals surface area contributed by atoms with Crippen LogP contribution in [0.15, 0.2) is 0 Å². The van der Waals surface area contributed by atoms with Gasteiger partial charge in [0.15, 0.2) is 12.4 Å². The van der Waals surface area contributed by atoms with Gasteiger partial charge in [-0.05, 0) is 80.0 Å². The number of ether oxygens (including phenoxy) is 2. The van der Waals surface area contributed by atoms with E-state index >= 15 is 0 Å². The van der Waals surface area contributed by atoms with Gasteiger partial charge >= 0.3 is 5.97 Å². The predicted molar refractivity (Wildman–Crippen MR) is 120 cm³/mol. The minimum absolute atomic E-state index is 0.128. The highest BCUT2D eigenvalue weighted by molar-refractivity contribution is 5.87. The van der Waals surface area contributed by atoms with Crippen molar-refractivity contribution in [1.29, 1.82) is 0 Å². The highest BCUT2D eigenvalue weighted by Crippen LogP contribution is 2.66. The molecule has 0 aromatic rings. The lowest BCUT2D eigenvalue weighted by molar-refractivity contribution is -0.314. The van der Waals surface area contributed by atoms with Crippen LogP contribution in [0.5, 0.6) is 0 Å². The summed E-state index contributed by atoms with van der Waals surface area (Å²) < 4.78 is 11.5. The summed E-state index contributed by atoms with van der Waals surface area (Å²) in [6.07, 6.45) is -0.205. The summed E-state index contributed by atoms with van der Waals surface area (Å²) in [6, 6.07) is 0. The number of aliphatic carboxylic acids is 1. The molecular formula is C26H40O8. The average molecular weight is 481 g/mol. The summed E-state index contributed by atoms with van der Waals surface area (Å²) in [5.74, 6) is 1.39. The lowest BCUT2D eigenvalue weighted by Gasteiger charge is -2.61. The maximum atomic E-state index is 12.7. The first-order valence-electron chi connectivity index (χ1n) is 13.1. The van der Waals surface area contributed by atoms with Crippen molar-refractivity contribution in [1.82, 2.24) is 0 Å². The molecule has 13 atom stereocenters. The van der Waals surface area contributed by atoms with E-state index in [1.54, 1.807) is 0 Å². The molecular weight excluding hydrogens is 440 g/mol. The normalized spacial score (nSPS) is 55.2.